The predicted octanol–water partition coefficient (Wildman–Crippen LogP) is 14.9. The lowest BCUT2D eigenvalue weighted by Crippen LogP contribution is -2.15. The zero-order valence-electron chi connectivity index (χ0n) is 32.3. The van der Waals surface area contributed by atoms with Crippen LogP contribution in [0.25, 0.3) is 75.6 Å². The third-order valence-corrected chi connectivity index (χ3v) is 13.0. The van der Waals surface area contributed by atoms with E-state index >= 15 is 0 Å². The number of nitrogens with one attached hydrogen (secondary N) is 1. The van der Waals surface area contributed by atoms with Crippen LogP contribution in [-0.4, -0.2) is 16.5 Å². The van der Waals surface area contributed by atoms with E-state index in [1.807, 2.05) is 24.4 Å². The van der Waals surface area contributed by atoms with E-state index in [2.05, 4.69) is 181 Å². The molecular formula is C55H34N4S. The molecule has 0 spiro atoms. The van der Waals surface area contributed by atoms with Gasteiger partial charge >= 0.3 is 0 Å². The average molecular weight is 783 g/mol. The Labute approximate surface area is 350 Å². The summed E-state index contributed by atoms with van der Waals surface area (Å²) in [4.78, 5) is 13.4. The van der Waals surface area contributed by atoms with Crippen molar-refractivity contribution in [3.63, 3.8) is 0 Å². The third kappa shape index (κ3) is 5.55. The number of hydrogen-bond acceptors (Lipinski definition) is 4. The van der Waals surface area contributed by atoms with Gasteiger partial charge in [-0.1, -0.05) is 146 Å². The van der Waals surface area contributed by atoms with Crippen LogP contribution in [0.15, 0.2) is 205 Å². The van der Waals surface area contributed by atoms with Crippen LogP contribution in [0.4, 0.5) is 17.1 Å². The Morgan fingerprint density at radius 1 is 0.517 bits per heavy atom. The summed E-state index contributed by atoms with van der Waals surface area (Å²) in [5.74, 6) is 0.213. The Morgan fingerprint density at radius 2 is 1.22 bits per heavy atom. The number of aliphatic imine (C=N–C) groups is 1. The van der Waals surface area contributed by atoms with Gasteiger partial charge in [-0.2, -0.15) is 0 Å². The molecule has 280 valence electrons. The summed E-state index contributed by atoms with van der Waals surface area (Å²) in [5.41, 5.74) is 11.4. The molecule has 5 heteroatoms. The van der Waals surface area contributed by atoms with Crippen LogP contribution in [0.3, 0.4) is 0 Å². The highest BCUT2D eigenvalue weighted by Crippen LogP contribution is 2.52. The molecule has 1 N–H and O–H groups in total. The van der Waals surface area contributed by atoms with Gasteiger partial charge in [0.2, 0.25) is 0 Å². The zero-order valence-corrected chi connectivity index (χ0v) is 33.1. The largest absolute Gasteiger partial charge is 0.309 e. The number of rotatable bonds is 5. The molecule has 0 saturated carbocycles. The van der Waals surface area contributed by atoms with Gasteiger partial charge in [0, 0.05) is 49.6 Å². The van der Waals surface area contributed by atoms with Gasteiger partial charge in [0.1, 0.15) is 0 Å². The fourth-order valence-electron chi connectivity index (χ4n) is 9.05. The molecule has 4 nitrogen and oxygen atoms in total. The minimum atomic E-state index is 0.213. The quantitative estimate of drug-likeness (QED) is 0.140. The van der Waals surface area contributed by atoms with Crippen molar-refractivity contribution in [1.82, 2.24) is 4.98 Å². The molecule has 0 aliphatic carbocycles. The van der Waals surface area contributed by atoms with E-state index in [1.165, 1.54) is 37.4 Å². The van der Waals surface area contributed by atoms with Gasteiger partial charge in [0.25, 0.3) is 0 Å². The van der Waals surface area contributed by atoms with Gasteiger partial charge in [0.05, 0.1) is 27.5 Å². The van der Waals surface area contributed by atoms with Gasteiger partial charge in [-0.15, -0.1) is 11.3 Å². The highest BCUT2D eigenvalue weighted by atomic mass is 32.1. The molecule has 1 aliphatic heterocycles. The number of aromatic nitrogens is 1. The molecule has 3 heterocycles. The monoisotopic (exact) mass is 782 g/mol. The normalized spacial score (nSPS) is 12.5. The molecule has 11 aromatic rings. The van der Waals surface area contributed by atoms with Crippen LogP contribution < -0.4 is 4.90 Å². The van der Waals surface area contributed by atoms with Crippen LogP contribution in [0.5, 0.6) is 0 Å². The van der Waals surface area contributed by atoms with Crippen molar-refractivity contribution in [2.24, 2.45) is 4.99 Å². The van der Waals surface area contributed by atoms with Crippen LogP contribution in [0, 0.1) is 5.41 Å². The van der Waals surface area contributed by atoms with E-state index < -0.39 is 0 Å². The number of thiophene rings is 1. The topological polar surface area (TPSA) is 52.3 Å². The van der Waals surface area contributed by atoms with E-state index in [4.69, 9.17) is 9.98 Å². The maximum atomic E-state index is 9.75. The Morgan fingerprint density at radius 3 is 2.07 bits per heavy atom. The van der Waals surface area contributed by atoms with Crippen LogP contribution in [0.2, 0.25) is 0 Å². The van der Waals surface area contributed by atoms with Crippen LogP contribution in [-0.2, 0) is 0 Å². The standard InChI is InChI=1S/C55H34N4S/c56-55(58-54(51-32-41-12-3-4-22-50(41)60-51)38-25-23-35(24-26-38)43-18-7-16-37-17-9-29-57-53(37)43)45-20-5-13-34-27-28-42(33-46(34)45)59-48-21-8-15-36-14-6-19-44(52(36)48)47-30-39-10-1-2-11-40(39)31-49(47)59/h1-33,56H/b56-55?,58-54-. The maximum absolute atomic E-state index is 9.75. The molecule has 2 aromatic heterocycles. The Hall–Kier alpha value is -7.73. The SMILES string of the molecule is N=C(/N=C(/c1ccc(-c2cccc3cccnc23)cc1)c1cc2ccccc2s1)c1cccc2ccc(N3c4cc5ccccc5cc4-c4cccc5cccc3c45)cc12. The van der Waals surface area contributed by atoms with E-state index in [0.717, 1.165) is 77.0 Å². The number of nitrogens with zero attached hydrogens (tertiary/aromatic N) is 3. The van der Waals surface area contributed by atoms with Crippen molar-refractivity contribution in [3.05, 3.63) is 216 Å². The number of hydrogen-bond donors (Lipinski definition) is 1. The van der Waals surface area contributed by atoms with Crippen molar-refractivity contribution in [2.45, 2.75) is 0 Å². The summed E-state index contributed by atoms with van der Waals surface area (Å²) >= 11 is 1.71. The van der Waals surface area contributed by atoms with Gasteiger partial charge in [-0.25, -0.2) is 4.99 Å². The van der Waals surface area contributed by atoms with Crippen molar-refractivity contribution in [2.75, 3.05) is 4.90 Å². The lowest BCUT2D eigenvalue weighted by atomic mass is 9.89. The second kappa shape index (κ2) is 13.7. The van der Waals surface area contributed by atoms with E-state index in [1.54, 1.807) is 11.3 Å². The van der Waals surface area contributed by atoms with Crippen LogP contribution >= 0.6 is 11.3 Å². The number of pyridine rings is 1. The van der Waals surface area contributed by atoms with Gasteiger partial charge in [0.15, 0.2) is 5.84 Å². The Bertz CT molecular complexity index is 3540. The minimum absolute atomic E-state index is 0.213. The smallest absolute Gasteiger partial charge is 0.153 e. The van der Waals surface area contributed by atoms with Gasteiger partial charge < -0.3 is 4.90 Å². The number of benzene rings is 9. The number of anilines is 3. The molecule has 0 atom stereocenters. The predicted molar refractivity (Wildman–Crippen MR) is 254 cm³/mol. The fourth-order valence-corrected chi connectivity index (χ4v) is 10.1. The number of para-hydroxylation sites is 1. The Kier molecular flexibility index (Phi) is 7.83. The van der Waals surface area contributed by atoms with Gasteiger partial charge in [-0.3, -0.25) is 10.4 Å². The molecule has 60 heavy (non-hydrogen) atoms. The molecule has 0 unspecified atom stereocenters. The summed E-state index contributed by atoms with van der Waals surface area (Å²) in [6, 6.07) is 68.8. The maximum Gasteiger partial charge on any atom is 0.153 e. The molecule has 9 aromatic carbocycles. The summed E-state index contributed by atoms with van der Waals surface area (Å²) in [6.07, 6.45) is 1.85. The van der Waals surface area contributed by atoms with E-state index in [9.17, 15) is 5.41 Å². The van der Waals surface area contributed by atoms with Crippen molar-refractivity contribution < 1.29 is 0 Å². The zero-order chi connectivity index (χ0) is 39.7. The van der Waals surface area contributed by atoms with Crippen molar-refractivity contribution >= 4 is 93.3 Å². The number of fused-ring (bicyclic) bond motifs is 6. The molecule has 0 radical (unpaired) electrons. The molecule has 0 fully saturated rings. The van der Waals surface area contributed by atoms with Crippen molar-refractivity contribution in [1.29, 1.82) is 5.41 Å². The molecule has 0 saturated heterocycles. The first-order chi connectivity index (χ1) is 29.6. The van der Waals surface area contributed by atoms with Gasteiger partial charge in [-0.05, 0) is 92.0 Å². The second-order valence-electron chi connectivity index (χ2n) is 15.4. The summed E-state index contributed by atoms with van der Waals surface area (Å²) in [6.45, 7) is 0. The minimum Gasteiger partial charge on any atom is -0.309 e. The first kappa shape index (κ1) is 34.3. The molecule has 0 bridgehead atoms. The molecule has 12 rings (SSSR count). The lowest BCUT2D eigenvalue weighted by Gasteiger charge is -2.34. The second-order valence-corrected chi connectivity index (χ2v) is 16.4. The summed E-state index contributed by atoms with van der Waals surface area (Å²) in [5, 5.41) is 18.9. The fraction of sp³-hybridized carbons (Fsp3) is 0. The summed E-state index contributed by atoms with van der Waals surface area (Å²) in [7, 11) is 0. The first-order valence-electron chi connectivity index (χ1n) is 20.1. The van der Waals surface area contributed by atoms with E-state index in [-0.39, 0.29) is 5.84 Å². The molecular weight excluding hydrogens is 749 g/mol. The Balaban J connectivity index is 1.01. The first-order valence-corrected chi connectivity index (χ1v) is 21.0. The van der Waals surface area contributed by atoms with E-state index in [0.29, 0.717) is 0 Å². The summed E-state index contributed by atoms with van der Waals surface area (Å²) < 4.78 is 1.19. The lowest BCUT2D eigenvalue weighted by molar-refractivity contribution is 1.30. The average Bonchev–Trinajstić information content (AvgIpc) is 3.74. The third-order valence-electron chi connectivity index (χ3n) is 11.9. The highest BCUT2D eigenvalue weighted by molar-refractivity contribution is 7.21. The van der Waals surface area contributed by atoms with Crippen LogP contribution in [0.1, 0.15) is 16.0 Å². The molecule has 0 amide bonds. The number of amidine groups is 1. The molecule has 1 aliphatic rings. The highest BCUT2D eigenvalue weighted by Gasteiger charge is 2.27. The van der Waals surface area contributed by atoms with Crippen molar-refractivity contribution in [3.8, 4) is 22.3 Å².